The normalized spacial score (nSPS) is 19.6. The molecule has 0 spiro atoms. The van der Waals surface area contributed by atoms with Crippen LogP contribution in [0.3, 0.4) is 0 Å². The third-order valence-electron chi connectivity index (χ3n) is 3.91. The van der Waals surface area contributed by atoms with Gasteiger partial charge in [-0.3, -0.25) is 9.69 Å². The Morgan fingerprint density at radius 2 is 2.19 bits per heavy atom. The summed E-state index contributed by atoms with van der Waals surface area (Å²) in [5, 5.41) is 8.82. The molecule has 116 valence electrons. The van der Waals surface area contributed by atoms with E-state index in [0.717, 1.165) is 31.7 Å². The molecule has 1 atom stereocenters. The molecule has 1 heterocycles. The van der Waals surface area contributed by atoms with E-state index in [1.165, 1.54) is 30.7 Å². The van der Waals surface area contributed by atoms with Gasteiger partial charge >= 0.3 is 5.97 Å². The highest BCUT2D eigenvalue weighted by Gasteiger charge is 2.22. The fourth-order valence-corrected chi connectivity index (χ4v) is 3.73. The quantitative estimate of drug-likeness (QED) is 0.781. The molecular weight excluding hydrogens is 289 g/mol. The van der Waals surface area contributed by atoms with Crippen LogP contribution in [0, 0.1) is 5.82 Å². The smallest absolute Gasteiger partial charge is 0.303 e. The summed E-state index contributed by atoms with van der Waals surface area (Å²) >= 11 is 1.53. The van der Waals surface area contributed by atoms with Crippen molar-refractivity contribution in [3.63, 3.8) is 0 Å². The lowest BCUT2D eigenvalue weighted by Crippen LogP contribution is -2.41. The van der Waals surface area contributed by atoms with E-state index in [1.807, 2.05) is 6.07 Å². The summed E-state index contributed by atoms with van der Waals surface area (Å²) in [4.78, 5) is 13.8. The molecule has 0 bridgehead atoms. The summed E-state index contributed by atoms with van der Waals surface area (Å²) in [6.07, 6.45) is 4.40. The van der Waals surface area contributed by atoms with Gasteiger partial charge in [0.05, 0.1) is 0 Å². The number of rotatable bonds is 7. The van der Waals surface area contributed by atoms with Gasteiger partial charge in [0.25, 0.3) is 0 Å². The number of hydrogen-bond acceptors (Lipinski definition) is 3. The van der Waals surface area contributed by atoms with E-state index in [9.17, 15) is 9.18 Å². The second-order valence-corrected chi connectivity index (χ2v) is 6.53. The maximum absolute atomic E-state index is 13.5. The Bertz CT molecular complexity index is 469. The molecule has 0 amide bonds. The molecule has 0 aromatic heterocycles. The predicted octanol–water partition coefficient (Wildman–Crippen LogP) is 3.64. The van der Waals surface area contributed by atoms with Gasteiger partial charge in [-0.05, 0) is 37.9 Å². The molecule has 5 heteroatoms. The SMILES string of the molecule is O=C(O)CCC1CCCCN1CCSc1ccccc1F. The number of carboxylic acid groups (broad SMARTS) is 1. The van der Waals surface area contributed by atoms with E-state index in [1.54, 1.807) is 12.1 Å². The molecule has 1 saturated heterocycles. The average molecular weight is 311 g/mol. The van der Waals surface area contributed by atoms with Gasteiger partial charge in [-0.2, -0.15) is 0 Å². The number of piperidine rings is 1. The van der Waals surface area contributed by atoms with E-state index < -0.39 is 5.97 Å². The van der Waals surface area contributed by atoms with Crippen molar-refractivity contribution in [1.29, 1.82) is 0 Å². The number of benzene rings is 1. The summed E-state index contributed by atoms with van der Waals surface area (Å²) in [5.74, 6) is -0.0466. The fourth-order valence-electron chi connectivity index (χ4n) is 2.81. The predicted molar refractivity (Wildman–Crippen MR) is 83.2 cm³/mol. The molecule has 1 aromatic carbocycles. The van der Waals surface area contributed by atoms with Gasteiger partial charge < -0.3 is 5.11 Å². The summed E-state index contributed by atoms with van der Waals surface area (Å²) in [7, 11) is 0. The Morgan fingerprint density at radius 1 is 1.38 bits per heavy atom. The maximum atomic E-state index is 13.5. The average Bonchev–Trinajstić information content (AvgIpc) is 2.48. The number of halogens is 1. The standard InChI is InChI=1S/C16H22FNO2S/c17-14-6-1-2-7-15(14)21-12-11-18-10-4-3-5-13(18)8-9-16(19)20/h1-2,6-7,13H,3-5,8-12H2,(H,19,20). The van der Waals surface area contributed by atoms with Crippen LogP contribution in [-0.4, -0.2) is 40.9 Å². The minimum absolute atomic E-state index is 0.163. The summed E-state index contributed by atoms with van der Waals surface area (Å²) in [6, 6.07) is 7.21. The molecule has 0 radical (unpaired) electrons. The summed E-state index contributed by atoms with van der Waals surface area (Å²) in [5.41, 5.74) is 0. The van der Waals surface area contributed by atoms with Gasteiger partial charge in [0.15, 0.2) is 0 Å². The van der Waals surface area contributed by atoms with Crippen LogP contribution in [0.15, 0.2) is 29.2 Å². The van der Waals surface area contributed by atoms with Gasteiger partial charge in [-0.25, -0.2) is 4.39 Å². The molecular formula is C16H22FNO2S. The van der Waals surface area contributed by atoms with Crippen molar-refractivity contribution in [1.82, 2.24) is 4.90 Å². The molecule has 1 unspecified atom stereocenters. The van der Waals surface area contributed by atoms with Gasteiger partial charge in [0, 0.05) is 29.7 Å². The van der Waals surface area contributed by atoms with Crippen LogP contribution in [-0.2, 0) is 4.79 Å². The van der Waals surface area contributed by atoms with Crippen LogP contribution in [0.5, 0.6) is 0 Å². The van der Waals surface area contributed by atoms with Crippen molar-refractivity contribution in [2.45, 2.75) is 43.0 Å². The lowest BCUT2D eigenvalue weighted by Gasteiger charge is -2.35. The summed E-state index contributed by atoms with van der Waals surface area (Å²) < 4.78 is 13.5. The van der Waals surface area contributed by atoms with Crippen LogP contribution >= 0.6 is 11.8 Å². The zero-order valence-electron chi connectivity index (χ0n) is 12.1. The summed E-state index contributed by atoms with van der Waals surface area (Å²) in [6.45, 7) is 1.92. The Balaban J connectivity index is 1.79. The molecule has 3 nitrogen and oxygen atoms in total. The molecule has 1 N–H and O–H groups in total. The van der Waals surface area contributed by atoms with Gasteiger partial charge in [-0.1, -0.05) is 18.6 Å². The van der Waals surface area contributed by atoms with Gasteiger partial charge in [-0.15, -0.1) is 11.8 Å². The first-order valence-electron chi connectivity index (χ1n) is 7.50. The van der Waals surface area contributed by atoms with E-state index in [0.29, 0.717) is 10.9 Å². The number of likely N-dealkylation sites (tertiary alicyclic amines) is 1. The van der Waals surface area contributed by atoms with Crippen LogP contribution < -0.4 is 0 Å². The van der Waals surface area contributed by atoms with Gasteiger partial charge in [0.1, 0.15) is 5.82 Å². The van der Waals surface area contributed by atoms with Crippen molar-refractivity contribution >= 4 is 17.7 Å². The lowest BCUT2D eigenvalue weighted by atomic mass is 9.98. The first-order valence-corrected chi connectivity index (χ1v) is 8.48. The van der Waals surface area contributed by atoms with Crippen LogP contribution in [0.25, 0.3) is 0 Å². The Morgan fingerprint density at radius 3 is 2.95 bits per heavy atom. The third kappa shape index (κ3) is 5.32. The zero-order chi connectivity index (χ0) is 15.1. The van der Waals surface area contributed by atoms with Crippen molar-refractivity contribution in [3.8, 4) is 0 Å². The van der Waals surface area contributed by atoms with Gasteiger partial charge in [0.2, 0.25) is 0 Å². The molecule has 0 saturated carbocycles. The second kappa shape index (κ2) is 8.39. The molecule has 1 fully saturated rings. The van der Waals surface area contributed by atoms with Crippen LogP contribution in [0.4, 0.5) is 4.39 Å². The highest BCUT2D eigenvalue weighted by atomic mass is 32.2. The Kier molecular flexibility index (Phi) is 6.51. The zero-order valence-corrected chi connectivity index (χ0v) is 12.9. The third-order valence-corrected chi connectivity index (χ3v) is 4.94. The topological polar surface area (TPSA) is 40.5 Å². The minimum Gasteiger partial charge on any atom is -0.481 e. The Labute approximate surface area is 129 Å². The number of nitrogens with zero attached hydrogens (tertiary/aromatic N) is 1. The van der Waals surface area contributed by atoms with Crippen LogP contribution in [0.2, 0.25) is 0 Å². The van der Waals surface area contributed by atoms with E-state index in [4.69, 9.17) is 5.11 Å². The molecule has 21 heavy (non-hydrogen) atoms. The highest BCUT2D eigenvalue weighted by Crippen LogP contribution is 2.24. The molecule has 1 aromatic rings. The first-order chi connectivity index (χ1) is 10.2. The first kappa shape index (κ1) is 16.3. The van der Waals surface area contributed by atoms with Crippen LogP contribution in [0.1, 0.15) is 32.1 Å². The number of aliphatic carboxylic acids is 1. The largest absolute Gasteiger partial charge is 0.481 e. The maximum Gasteiger partial charge on any atom is 0.303 e. The molecule has 1 aliphatic rings. The van der Waals surface area contributed by atoms with Crippen molar-refractivity contribution in [3.05, 3.63) is 30.1 Å². The Hall–Kier alpha value is -1.07. The van der Waals surface area contributed by atoms with E-state index >= 15 is 0 Å². The molecule has 0 aliphatic carbocycles. The molecule has 1 aliphatic heterocycles. The second-order valence-electron chi connectivity index (χ2n) is 5.40. The van der Waals surface area contributed by atoms with Crippen molar-refractivity contribution in [2.75, 3.05) is 18.8 Å². The number of carboxylic acids is 1. The number of hydrogen-bond donors (Lipinski definition) is 1. The monoisotopic (exact) mass is 311 g/mol. The molecule has 2 rings (SSSR count). The minimum atomic E-state index is -0.721. The fraction of sp³-hybridized carbons (Fsp3) is 0.562. The lowest BCUT2D eigenvalue weighted by molar-refractivity contribution is -0.137. The van der Waals surface area contributed by atoms with Crippen molar-refractivity contribution < 1.29 is 14.3 Å². The highest BCUT2D eigenvalue weighted by molar-refractivity contribution is 7.99. The van der Waals surface area contributed by atoms with E-state index in [-0.39, 0.29) is 12.2 Å². The number of thioether (sulfide) groups is 1. The number of carbonyl (C=O) groups is 1. The van der Waals surface area contributed by atoms with Crippen molar-refractivity contribution in [2.24, 2.45) is 0 Å². The van der Waals surface area contributed by atoms with E-state index in [2.05, 4.69) is 4.90 Å².